The summed E-state index contributed by atoms with van der Waals surface area (Å²) in [6, 6.07) is 3.80. The van der Waals surface area contributed by atoms with Crippen LogP contribution in [0, 0.1) is 18.3 Å². The lowest BCUT2D eigenvalue weighted by Crippen LogP contribution is -2.20. The highest BCUT2D eigenvalue weighted by Gasteiger charge is 2.28. The summed E-state index contributed by atoms with van der Waals surface area (Å²) in [6.07, 6.45) is 6.77. The summed E-state index contributed by atoms with van der Waals surface area (Å²) in [5.74, 6) is 0.943. The van der Waals surface area contributed by atoms with E-state index in [-0.39, 0.29) is 11.8 Å². The largest absolute Gasteiger partial charge is 0.384 e. The monoisotopic (exact) mass is 298 g/mol. The fraction of sp³-hybridized carbons (Fsp3) is 0.312. The van der Waals surface area contributed by atoms with Crippen LogP contribution < -0.4 is 5.73 Å². The summed E-state index contributed by atoms with van der Waals surface area (Å²) in [6.45, 7) is 4.14. The molecule has 3 N–H and O–H groups in total. The molecule has 0 aliphatic heterocycles. The predicted octanol–water partition coefficient (Wildman–Crippen LogP) is 3.80. The van der Waals surface area contributed by atoms with E-state index in [1.165, 1.54) is 4.88 Å². The maximum Gasteiger partial charge on any atom is 0.123 e. The molecule has 0 saturated carbocycles. The molecular weight excluding hydrogens is 280 g/mol. The molecule has 0 saturated heterocycles. The van der Waals surface area contributed by atoms with Gasteiger partial charge in [0, 0.05) is 40.6 Å². The third-order valence-corrected chi connectivity index (χ3v) is 4.96. The Morgan fingerprint density at radius 3 is 3.00 bits per heavy atom. The molecule has 2 unspecified atom stereocenters. The van der Waals surface area contributed by atoms with Crippen LogP contribution in [0.4, 0.5) is 5.82 Å². The van der Waals surface area contributed by atoms with Crippen LogP contribution in [0.3, 0.4) is 0 Å². The summed E-state index contributed by atoms with van der Waals surface area (Å²) in [5.41, 5.74) is 8.56. The summed E-state index contributed by atoms with van der Waals surface area (Å²) < 4.78 is 0. The number of nitrogens with zero attached hydrogens (tertiary/aromatic N) is 2. The Morgan fingerprint density at radius 2 is 2.24 bits per heavy atom. The number of allylic oxidation sites excluding steroid dienone is 2. The topological polar surface area (TPSA) is 75.7 Å². The second-order valence-electron chi connectivity index (χ2n) is 5.39. The predicted molar refractivity (Wildman–Crippen MR) is 87.9 cm³/mol. The molecule has 1 aliphatic carbocycles. The van der Waals surface area contributed by atoms with Crippen LogP contribution in [0.2, 0.25) is 0 Å². The second kappa shape index (κ2) is 5.41. The quantitative estimate of drug-likeness (QED) is 0.828. The Balaban J connectivity index is 2.10. The number of hydrogen-bond acceptors (Lipinski definition) is 5. The number of rotatable bonds is 2. The van der Waals surface area contributed by atoms with Crippen molar-refractivity contribution in [1.82, 2.24) is 9.97 Å². The molecule has 108 valence electrons. The van der Waals surface area contributed by atoms with Crippen LogP contribution in [0.5, 0.6) is 0 Å². The van der Waals surface area contributed by atoms with Gasteiger partial charge in [-0.1, -0.05) is 19.1 Å². The first-order valence-electron chi connectivity index (χ1n) is 6.99. The van der Waals surface area contributed by atoms with Crippen molar-refractivity contribution in [1.29, 1.82) is 5.41 Å². The van der Waals surface area contributed by atoms with Gasteiger partial charge in [-0.05, 0) is 19.1 Å². The molecule has 2 atom stereocenters. The van der Waals surface area contributed by atoms with E-state index in [9.17, 15) is 0 Å². The van der Waals surface area contributed by atoms with Crippen molar-refractivity contribution in [3.8, 4) is 11.3 Å². The first kappa shape index (κ1) is 13.9. The number of thiazole rings is 1. The average Bonchev–Trinajstić information content (AvgIpc) is 2.84. The van der Waals surface area contributed by atoms with Crippen LogP contribution in [0.15, 0.2) is 30.5 Å². The number of nitrogens with one attached hydrogen (secondary N) is 1. The van der Waals surface area contributed by atoms with Gasteiger partial charge in [0.25, 0.3) is 0 Å². The number of nitrogens with two attached hydrogens (primary N) is 1. The van der Waals surface area contributed by atoms with Crippen LogP contribution in [0.25, 0.3) is 11.3 Å². The van der Waals surface area contributed by atoms with E-state index in [0.717, 1.165) is 28.4 Å². The zero-order valence-corrected chi connectivity index (χ0v) is 12.9. The first-order chi connectivity index (χ1) is 10.1. The van der Waals surface area contributed by atoms with Gasteiger partial charge in [-0.25, -0.2) is 9.97 Å². The maximum atomic E-state index is 8.09. The zero-order valence-electron chi connectivity index (χ0n) is 12.1. The SMILES string of the molecule is Cc1nc(-c2ccnc(N)c2)c(C2C=CCC(=N)C2C)s1. The van der Waals surface area contributed by atoms with Crippen LogP contribution in [-0.4, -0.2) is 15.7 Å². The fourth-order valence-corrected chi connectivity index (χ4v) is 3.83. The number of hydrogen-bond donors (Lipinski definition) is 2. The number of nitrogen functional groups attached to an aromatic ring is 1. The van der Waals surface area contributed by atoms with Gasteiger partial charge in [0.1, 0.15) is 5.82 Å². The Labute approximate surface area is 128 Å². The van der Waals surface area contributed by atoms with E-state index >= 15 is 0 Å². The summed E-state index contributed by atoms with van der Waals surface area (Å²) in [5, 5.41) is 9.13. The van der Waals surface area contributed by atoms with Gasteiger partial charge < -0.3 is 11.1 Å². The molecule has 2 aromatic rings. The van der Waals surface area contributed by atoms with Gasteiger partial charge in [0.2, 0.25) is 0 Å². The highest BCUT2D eigenvalue weighted by Crippen LogP contribution is 2.40. The summed E-state index contributed by atoms with van der Waals surface area (Å²) in [4.78, 5) is 9.95. The molecule has 21 heavy (non-hydrogen) atoms. The van der Waals surface area contributed by atoms with E-state index < -0.39 is 0 Å². The molecule has 1 aliphatic rings. The highest BCUT2D eigenvalue weighted by molar-refractivity contribution is 7.12. The molecule has 2 heterocycles. The normalized spacial score (nSPS) is 21.7. The van der Waals surface area contributed by atoms with E-state index in [1.54, 1.807) is 17.5 Å². The van der Waals surface area contributed by atoms with Crippen molar-refractivity contribution >= 4 is 22.9 Å². The van der Waals surface area contributed by atoms with E-state index in [4.69, 9.17) is 11.1 Å². The highest BCUT2D eigenvalue weighted by atomic mass is 32.1. The molecule has 2 aromatic heterocycles. The number of aromatic nitrogens is 2. The minimum absolute atomic E-state index is 0.216. The third-order valence-electron chi connectivity index (χ3n) is 3.89. The van der Waals surface area contributed by atoms with Gasteiger partial charge in [-0.2, -0.15) is 0 Å². The van der Waals surface area contributed by atoms with Crippen molar-refractivity contribution in [2.24, 2.45) is 5.92 Å². The zero-order chi connectivity index (χ0) is 15.0. The average molecular weight is 298 g/mol. The standard InChI is InChI=1S/C16H18N4S/c1-9-12(4-3-5-13(9)17)16-15(20-10(2)21-16)11-6-7-19-14(18)8-11/h3-4,6-9,12,17H,5H2,1-2H3,(H2,18,19). The molecular formula is C16H18N4S. The van der Waals surface area contributed by atoms with Crippen LogP contribution in [-0.2, 0) is 0 Å². The van der Waals surface area contributed by atoms with Gasteiger partial charge >= 0.3 is 0 Å². The summed E-state index contributed by atoms with van der Waals surface area (Å²) >= 11 is 1.71. The van der Waals surface area contributed by atoms with Crippen molar-refractivity contribution in [3.05, 3.63) is 40.4 Å². The molecule has 0 radical (unpaired) electrons. The summed E-state index contributed by atoms with van der Waals surface area (Å²) in [7, 11) is 0. The van der Waals surface area contributed by atoms with Gasteiger partial charge in [-0.3, -0.25) is 0 Å². The van der Waals surface area contributed by atoms with Crippen molar-refractivity contribution < 1.29 is 0 Å². The van der Waals surface area contributed by atoms with Crippen molar-refractivity contribution in [3.63, 3.8) is 0 Å². The maximum absolute atomic E-state index is 8.09. The van der Waals surface area contributed by atoms with Crippen molar-refractivity contribution in [2.45, 2.75) is 26.2 Å². The third kappa shape index (κ3) is 2.61. The molecule has 3 rings (SSSR count). The Bertz CT molecular complexity index is 717. The van der Waals surface area contributed by atoms with Gasteiger partial charge in [0.05, 0.1) is 10.7 Å². The lowest BCUT2D eigenvalue weighted by molar-refractivity contribution is 0.662. The number of aryl methyl sites for hydroxylation is 1. The van der Waals surface area contributed by atoms with Gasteiger partial charge in [-0.15, -0.1) is 11.3 Å². The van der Waals surface area contributed by atoms with Crippen molar-refractivity contribution in [2.75, 3.05) is 5.73 Å². The smallest absolute Gasteiger partial charge is 0.123 e. The molecule has 0 amide bonds. The van der Waals surface area contributed by atoms with Crippen LogP contribution >= 0.6 is 11.3 Å². The van der Waals surface area contributed by atoms with E-state index in [2.05, 4.69) is 29.0 Å². The van der Waals surface area contributed by atoms with E-state index in [0.29, 0.717) is 5.82 Å². The minimum Gasteiger partial charge on any atom is -0.384 e. The molecule has 0 spiro atoms. The van der Waals surface area contributed by atoms with Crippen LogP contribution in [0.1, 0.15) is 29.1 Å². The fourth-order valence-electron chi connectivity index (χ4n) is 2.70. The second-order valence-corrected chi connectivity index (χ2v) is 6.62. The lowest BCUT2D eigenvalue weighted by Gasteiger charge is -2.24. The lowest BCUT2D eigenvalue weighted by atomic mass is 9.82. The molecule has 0 bridgehead atoms. The molecule has 0 fully saturated rings. The molecule has 5 heteroatoms. The Hall–Kier alpha value is -2.01. The Kier molecular flexibility index (Phi) is 3.59. The number of anilines is 1. The number of pyridine rings is 1. The minimum atomic E-state index is 0.216. The molecule has 0 aromatic carbocycles. The molecule has 4 nitrogen and oxygen atoms in total. The Morgan fingerprint density at radius 1 is 1.43 bits per heavy atom. The van der Waals surface area contributed by atoms with Gasteiger partial charge in [0.15, 0.2) is 0 Å². The first-order valence-corrected chi connectivity index (χ1v) is 7.81. The van der Waals surface area contributed by atoms with E-state index in [1.807, 2.05) is 19.1 Å².